The first-order valence-electron chi connectivity index (χ1n) is 4.52. The number of allylic oxidation sites excluding steroid dienone is 2. The first-order valence-corrected chi connectivity index (χ1v) is 5.55. The van der Waals surface area contributed by atoms with E-state index in [4.69, 9.17) is 0 Å². The summed E-state index contributed by atoms with van der Waals surface area (Å²) in [6.07, 6.45) is 4.84. The summed E-state index contributed by atoms with van der Waals surface area (Å²) in [7, 11) is 0. The Hall–Kier alpha value is 0.110. The van der Waals surface area contributed by atoms with Crippen molar-refractivity contribution in [3.8, 4) is 0 Å². The Balaban J connectivity index is 2.55. The van der Waals surface area contributed by atoms with E-state index in [1.165, 1.54) is 0 Å². The smallest absolute Gasteiger partial charge is 0.145 e. The minimum absolute atomic E-state index is 0.00174. The zero-order valence-corrected chi connectivity index (χ0v) is 9.61. The van der Waals surface area contributed by atoms with Crippen LogP contribution in [0.4, 0.5) is 0 Å². The molecular weight excluding hydrogens is 200 g/mol. The third-order valence-electron chi connectivity index (χ3n) is 3.86. The van der Waals surface area contributed by atoms with E-state index in [9.17, 15) is 4.79 Å². The molecule has 1 fully saturated rings. The van der Waals surface area contributed by atoms with Gasteiger partial charge in [0.15, 0.2) is 0 Å². The number of carbonyl (C=O) groups excluding carboxylic acids is 1. The third-order valence-corrected chi connectivity index (χ3v) is 4.67. The standard InChI is InChI=1S/C10H14OS2/c1-9(2)6-3-4-10(9,8(12)13)7(11)5-6/h3-4,6,8,12-13H,5H2,1-2H3. The highest BCUT2D eigenvalue weighted by molar-refractivity contribution is 7.99. The van der Waals surface area contributed by atoms with Gasteiger partial charge in [0.1, 0.15) is 5.78 Å². The Labute approximate surface area is 89.8 Å². The second kappa shape index (κ2) is 2.57. The van der Waals surface area contributed by atoms with E-state index in [1.807, 2.05) is 6.08 Å². The first kappa shape index (κ1) is 9.66. The number of ketones is 1. The largest absolute Gasteiger partial charge is 0.299 e. The van der Waals surface area contributed by atoms with Crippen LogP contribution >= 0.6 is 25.3 Å². The molecular formula is C10H14OS2. The summed E-state index contributed by atoms with van der Waals surface area (Å²) < 4.78 is -0.182. The van der Waals surface area contributed by atoms with Crippen molar-refractivity contribution in [3.05, 3.63) is 12.2 Å². The van der Waals surface area contributed by atoms with Gasteiger partial charge in [-0.05, 0) is 11.3 Å². The van der Waals surface area contributed by atoms with E-state index in [0.29, 0.717) is 18.1 Å². The van der Waals surface area contributed by atoms with Gasteiger partial charge in [-0.25, -0.2) is 0 Å². The van der Waals surface area contributed by atoms with Gasteiger partial charge in [0.2, 0.25) is 0 Å². The zero-order chi connectivity index (χ0) is 9.85. The third kappa shape index (κ3) is 0.899. The molecule has 2 rings (SSSR count). The molecule has 0 heterocycles. The average molecular weight is 214 g/mol. The quantitative estimate of drug-likeness (QED) is 0.389. The Kier molecular flexibility index (Phi) is 1.91. The Morgan fingerprint density at radius 3 is 2.38 bits per heavy atom. The lowest BCUT2D eigenvalue weighted by molar-refractivity contribution is -0.125. The van der Waals surface area contributed by atoms with Gasteiger partial charge in [-0.15, -0.1) is 0 Å². The van der Waals surface area contributed by atoms with E-state index in [1.54, 1.807) is 0 Å². The lowest BCUT2D eigenvalue weighted by Crippen LogP contribution is -2.41. The van der Waals surface area contributed by atoms with Crippen molar-refractivity contribution in [1.82, 2.24) is 0 Å². The van der Waals surface area contributed by atoms with E-state index >= 15 is 0 Å². The van der Waals surface area contributed by atoms with Crippen molar-refractivity contribution >= 4 is 31.0 Å². The highest BCUT2D eigenvalue weighted by Gasteiger charge is 2.63. The van der Waals surface area contributed by atoms with Crippen LogP contribution in [0.1, 0.15) is 20.3 Å². The molecule has 1 nitrogen and oxygen atoms in total. The van der Waals surface area contributed by atoms with Gasteiger partial charge in [0, 0.05) is 6.42 Å². The van der Waals surface area contributed by atoms with Crippen LogP contribution in [0.5, 0.6) is 0 Å². The van der Waals surface area contributed by atoms with Crippen LogP contribution in [0, 0.1) is 16.7 Å². The number of hydrogen-bond donors (Lipinski definition) is 2. The molecule has 0 N–H and O–H groups in total. The molecule has 0 saturated heterocycles. The molecule has 2 aliphatic rings. The molecule has 0 amide bonds. The van der Waals surface area contributed by atoms with Gasteiger partial charge in [-0.3, -0.25) is 4.79 Å². The topological polar surface area (TPSA) is 17.1 Å². The van der Waals surface area contributed by atoms with Crippen LogP contribution in [0.3, 0.4) is 0 Å². The predicted octanol–water partition coefficient (Wildman–Crippen LogP) is 2.34. The van der Waals surface area contributed by atoms with E-state index in [0.717, 1.165) is 0 Å². The van der Waals surface area contributed by atoms with Crippen LogP contribution in [-0.4, -0.2) is 10.4 Å². The molecule has 0 aliphatic heterocycles. The normalized spacial score (nSPS) is 40.7. The van der Waals surface area contributed by atoms with E-state index in [-0.39, 0.29) is 10.00 Å². The van der Waals surface area contributed by atoms with Gasteiger partial charge in [-0.1, -0.05) is 26.0 Å². The van der Waals surface area contributed by atoms with Crippen LogP contribution in [-0.2, 0) is 4.79 Å². The number of carbonyl (C=O) groups is 1. The van der Waals surface area contributed by atoms with Crippen LogP contribution in [0.25, 0.3) is 0 Å². The van der Waals surface area contributed by atoms with Crippen molar-refractivity contribution in [3.63, 3.8) is 0 Å². The monoisotopic (exact) mass is 214 g/mol. The molecule has 0 radical (unpaired) electrons. The maximum absolute atomic E-state index is 11.9. The van der Waals surface area contributed by atoms with Crippen LogP contribution in [0.2, 0.25) is 0 Å². The minimum Gasteiger partial charge on any atom is -0.299 e. The Bertz CT molecular complexity index is 293. The molecule has 1 saturated carbocycles. The zero-order valence-electron chi connectivity index (χ0n) is 7.82. The van der Waals surface area contributed by atoms with E-state index in [2.05, 4.69) is 45.2 Å². The summed E-state index contributed by atoms with van der Waals surface area (Å²) in [6.45, 7) is 4.28. The SMILES string of the molecule is CC1(C)C2C=CC1(C(S)S)C(=O)C2. The van der Waals surface area contributed by atoms with E-state index < -0.39 is 5.41 Å². The van der Waals surface area contributed by atoms with Gasteiger partial charge < -0.3 is 0 Å². The molecule has 0 aromatic rings. The highest BCUT2D eigenvalue weighted by atomic mass is 32.2. The number of Topliss-reactive ketones (excluding diaryl/α,β-unsaturated/α-hetero) is 1. The molecule has 0 aromatic heterocycles. The number of hydrogen-bond acceptors (Lipinski definition) is 3. The molecule has 2 bridgehead atoms. The number of thiol groups is 2. The number of rotatable bonds is 1. The summed E-state index contributed by atoms with van der Waals surface area (Å²) in [4.78, 5) is 11.9. The fourth-order valence-corrected chi connectivity index (χ4v) is 3.86. The lowest BCUT2D eigenvalue weighted by atomic mass is 9.70. The van der Waals surface area contributed by atoms with Crippen molar-refractivity contribution in [2.24, 2.45) is 16.7 Å². The minimum atomic E-state index is -0.427. The predicted molar refractivity (Wildman–Crippen MR) is 60.2 cm³/mol. The van der Waals surface area contributed by atoms with Crippen LogP contribution < -0.4 is 0 Å². The van der Waals surface area contributed by atoms with Gasteiger partial charge >= 0.3 is 0 Å². The first-order chi connectivity index (χ1) is 5.93. The maximum Gasteiger partial charge on any atom is 0.145 e. The molecule has 0 spiro atoms. The molecule has 2 atom stereocenters. The molecule has 2 unspecified atom stereocenters. The molecule has 3 heteroatoms. The summed E-state index contributed by atoms with van der Waals surface area (Å²) in [5.74, 6) is 0.696. The maximum atomic E-state index is 11.9. The molecule has 13 heavy (non-hydrogen) atoms. The van der Waals surface area contributed by atoms with Gasteiger partial charge in [-0.2, -0.15) is 25.3 Å². The Morgan fingerprint density at radius 2 is 2.15 bits per heavy atom. The van der Waals surface area contributed by atoms with Crippen LogP contribution in [0.15, 0.2) is 12.2 Å². The summed E-state index contributed by atoms with van der Waals surface area (Å²) >= 11 is 8.70. The van der Waals surface area contributed by atoms with Crippen molar-refractivity contribution in [2.75, 3.05) is 0 Å². The van der Waals surface area contributed by atoms with Gasteiger partial charge in [0.25, 0.3) is 0 Å². The fourth-order valence-electron chi connectivity index (χ4n) is 2.74. The molecule has 2 aliphatic carbocycles. The second-order valence-corrected chi connectivity index (χ2v) is 6.00. The Morgan fingerprint density at radius 1 is 1.54 bits per heavy atom. The van der Waals surface area contributed by atoms with Crippen molar-refractivity contribution < 1.29 is 4.79 Å². The lowest BCUT2D eigenvalue weighted by Gasteiger charge is -2.38. The molecule has 72 valence electrons. The van der Waals surface area contributed by atoms with Crippen molar-refractivity contribution in [1.29, 1.82) is 0 Å². The summed E-state index contributed by atoms with van der Waals surface area (Å²) in [6, 6.07) is 0. The van der Waals surface area contributed by atoms with Crippen molar-refractivity contribution in [2.45, 2.75) is 24.9 Å². The summed E-state index contributed by atoms with van der Waals surface area (Å²) in [5, 5.41) is 0. The molecule has 0 aromatic carbocycles. The average Bonchev–Trinajstić information content (AvgIpc) is 2.35. The van der Waals surface area contributed by atoms with Gasteiger partial charge in [0.05, 0.1) is 10.00 Å². The fraction of sp³-hybridized carbons (Fsp3) is 0.700. The highest BCUT2D eigenvalue weighted by Crippen LogP contribution is 2.62. The number of fused-ring (bicyclic) bond motifs is 2. The summed E-state index contributed by atoms with van der Waals surface area (Å²) in [5.41, 5.74) is -0.428. The second-order valence-electron chi connectivity index (χ2n) is 4.56.